The zero-order valence-electron chi connectivity index (χ0n) is 4.34. The van der Waals surface area contributed by atoms with Crippen LogP contribution in [0.3, 0.4) is 0 Å². The summed E-state index contributed by atoms with van der Waals surface area (Å²) in [4.78, 5) is 10.7. The van der Waals surface area contributed by atoms with Crippen LogP contribution in [0.15, 0.2) is 0 Å². The Balaban J connectivity index is 2.94. The highest BCUT2D eigenvalue weighted by Crippen LogP contribution is 2.13. The monoisotopic (exact) mass is 177 g/mol. The minimum absolute atomic E-state index is 0.120. The first-order chi connectivity index (χ1) is 4.24. The van der Waals surface area contributed by atoms with Crippen molar-refractivity contribution in [2.24, 2.45) is 0 Å². The summed E-state index contributed by atoms with van der Waals surface area (Å²) in [5, 5.41) is 2.48. The van der Waals surface area contributed by atoms with E-state index in [-0.39, 0.29) is 5.91 Å². The first-order valence-electron chi connectivity index (χ1n) is 2.06. The molecule has 0 saturated carbocycles. The molecular formula is C4H3NOS3. The van der Waals surface area contributed by atoms with Gasteiger partial charge in [-0.15, -0.1) is 10.9 Å². The van der Waals surface area contributed by atoms with E-state index in [4.69, 9.17) is 12.2 Å². The molecule has 1 aliphatic heterocycles. The number of thioether (sulfide) groups is 1. The standard InChI is InChI=1S/C4H3NOS3/c1-8-3-2(6)5-4(7)9-3/h1H2,(H,5,6,7). The lowest BCUT2D eigenvalue weighted by Gasteiger charge is -1.80. The molecule has 1 fully saturated rings. The molecule has 5 heteroatoms. The maximum absolute atomic E-state index is 10.7. The third-order valence-electron chi connectivity index (χ3n) is 0.717. The van der Waals surface area contributed by atoms with E-state index in [0.29, 0.717) is 8.52 Å². The maximum atomic E-state index is 10.7. The van der Waals surface area contributed by atoms with Gasteiger partial charge < -0.3 is 5.32 Å². The summed E-state index contributed by atoms with van der Waals surface area (Å²) < 4.78 is 1.14. The predicted molar refractivity (Wildman–Crippen MR) is 48.1 cm³/mol. The molecule has 0 aromatic heterocycles. The Morgan fingerprint density at radius 3 is 2.67 bits per heavy atom. The van der Waals surface area contributed by atoms with Crippen LogP contribution in [-0.2, 0) is 4.79 Å². The first-order valence-corrected chi connectivity index (χ1v) is 4.27. The molecule has 0 bridgehead atoms. The summed E-state index contributed by atoms with van der Waals surface area (Å²) in [7, 11) is 1.17. The van der Waals surface area contributed by atoms with E-state index in [1.807, 2.05) is 0 Å². The van der Waals surface area contributed by atoms with Gasteiger partial charge in [0.05, 0.1) is 0 Å². The second kappa shape index (κ2) is 2.64. The molecule has 2 nitrogen and oxygen atoms in total. The molecule has 0 atom stereocenters. The molecule has 1 rings (SSSR count). The lowest BCUT2D eigenvalue weighted by Crippen LogP contribution is -2.20. The highest BCUT2D eigenvalue weighted by Gasteiger charge is 2.21. The Bertz CT molecular complexity index is 228. The zero-order chi connectivity index (χ0) is 6.85. The minimum Gasteiger partial charge on any atom is -0.306 e. The van der Waals surface area contributed by atoms with Crippen molar-refractivity contribution >= 4 is 55.2 Å². The fraction of sp³-hybridized carbons (Fsp3) is 0. The van der Waals surface area contributed by atoms with E-state index in [1.54, 1.807) is 0 Å². The number of carbonyl (C=O) groups excluding carboxylic acids is 1. The zero-order valence-corrected chi connectivity index (χ0v) is 6.79. The molecule has 0 spiro atoms. The third-order valence-corrected chi connectivity index (χ3v) is 2.78. The lowest BCUT2D eigenvalue weighted by molar-refractivity contribution is -0.112. The van der Waals surface area contributed by atoms with Crippen LogP contribution >= 0.6 is 34.9 Å². The van der Waals surface area contributed by atoms with Crippen molar-refractivity contribution in [2.75, 3.05) is 0 Å². The number of amides is 1. The van der Waals surface area contributed by atoms with E-state index in [9.17, 15) is 4.79 Å². The molecule has 9 heavy (non-hydrogen) atoms. The summed E-state index contributed by atoms with van der Waals surface area (Å²) in [6, 6.07) is 0. The number of thiocarbonyl (C=S) groups is 1. The van der Waals surface area contributed by atoms with Crippen LogP contribution in [0.1, 0.15) is 0 Å². The Kier molecular flexibility index (Phi) is 2.05. The van der Waals surface area contributed by atoms with Crippen molar-refractivity contribution in [2.45, 2.75) is 0 Å². The Morgan fingerprint density at radius 1 is 1.78 bits per heavy atom. The number of carbonyl (C=O) groups is 1. The smallest absolute Gasteiger partial charge is 0.273 e. The molecule has 0 radical (unpaired) electrons. The second-order valence-corrected chi connectivity index (χ2v) is 3.92. The van der Waals surface area contributed by atoms with Gasteiger partial charge in [0.2, 0.25) is 0 Å². The molecule has 1 saturated heterocycles. The summed E-state index contributed by atoms with van der Waals surface area (Å²) in [5.41, 5.74) is 0. The fourth-order valence-electron chi connectivity index (χ4n) is 0.395. The number of nitrogens with one attached hydrogen (secondary N) is 1. The van der Waals surface area contributed by atoms with Crippen molar-refractivity contribution in [3.8, 4) is 0 Å². The van der Waals surface area contributed by atoms with Crippen molar-refractivity contribution < 1.29 is 4.79 Å². The average Bonchev–Trinajstić information content (AvgIpc) is 2.10. The Hall–Kier alpha value is -0.130. The van der Waals surface area contributed by atoms with Crippen LogP contribution in [0, 0.1) is 0 Å². The van der Waals surface area contributed by atoms with E-state index >= 15 is 0 Å². The fourth-order valence-corrected chi connectivity index (χ4v) is 2.02. The van der Waals surface area contributed by atoms with Gasteiger partial charge in [0, 0.05) is 0 Å². The van der Waals surface area contributed by atoms with Crippen LogP contribution in [0.2, 0.25) is 0 Å². The molecule has 0 unspecified atom stereocenters. The van der Waals surface area contributed by atoms with Gasteiger partial charge in [0.15, 0.2) is 0 Å². The molecule has 1 heterocycles. The molecule has 0 aromatic rings. The Morgan fingerprint density at radius 2 is 2.44 bits per heavy atom. The van der Waals surface area contributed by atoms with Crippen molar-refractivity contribution in [3.63, 3.8) is 0 Å². The molecule has 0 aromatic carbocycles. The molecule has 1 N–H and O–H groups in total. The van der Waals surface area contributed by atoms with Gasteiger partial charge >= 0.3 is 0 Å². The highest BCUT2D eigenvalue weighted by molar-refractivity contribution is 8.42. The van der Waals surface area contributed by atoms with E-state index in [1.165, 1.54) is 22.7 Å². The van der Waals surface area contributed by atoms with E-state index in [2.05, 4.69) is 11.2 Å². The van der Waals surface area contributed by atoms with Gasteiger partial charge in [0.1, 0.15) is 8.52 Å². The van der Waals surface area contributed by atoms with Crippen molar-refractivity contribution in [1.29, 1.82) is 0 Å². The van der Waals surface area contributed by atoms with Crippen LogP contribution in [0.4, 0.5) is 0 Å². The molecule has 48 valence electrons. The maximum Gasteiger partial charge on any atom is 0.273 e. The van der Waals surface area contributed by atoms with Gasteiger partial charge in [-0.1, -0.05) is 12.2 Å². The number of hydrogen-bond donors (Lipinski definition) is 1. The van der Waals surface area contributed by atoms with E-state index in [0.717, 1.165) is 0 Å². The van der Waals surface area contributed by atoms with Gasteiger partial charge in [-0.25, -0.2) is 0 Å². The van der Waals surface area contributed by atoms with Crippen molar-refractivity contribution in [1.82, 2.24) is 5.32 Å². The van der Waals surface area contributed by atoms with Crippen LogP contribution < -0.4 is 5.32 Å². The van der Waals surface area contributed by atoms with Gasteiger partial charge in [-0.05, 0) is 17.6 Å². The SMILES string of the molecule is C=S=C1SC(=S)NC1=O. The first kappa shape index (κ1) is 6.98. The molecule has 1 aliphatic rings. The van der Waals surface area contributed by atoms with E-state index < -0.39 is 0 Å². The number of hydrogen-bond acceptors (Lipinski definition) is 3. The van der Waals surface area contributed by atoms with Crippen LogP contribution in [0.5, 0.6) is 0 Å². The number of rotatable bonds is 0. The molecule has 1 amide bonds. The molecular weight excluding hydrogens is 174 g/mol. The van der Waals surface area contributed by atoms with Gasteiger partial charge in [-0.2, -0.15) is 0 Å². The Labute approximate surface area is 65.6 Å². The normalized spacial score (nSPS) is 18.0. The lowest BCUT2D eigenvalue weighted by atomic mass is 10.7. The summed E-state index contributed by atoms with van der Waals surface area (Å²) in [6.07, 6.45) is 0. The summed E-state index contributed by atoms with van der Waals surface area (Å²) in [5.74, 6) is 3.37. The van der Waals surface area contributed by atoms with Gasteiger partial charge in [0.25, 0.3) is 5.91 Å². The summed E-state index contributed by atoms with van der Waals surface area (Å²) >= 11 is 5.97. The predicted octanol–water partition coefficient (Wildman–Crippen LogP) is 0.429. The third kappa shape index (κ3) is 1.41. The van der Waals surface area contributed by atoms with Gasteiger partial charge in [-0.3, -0.25) is 4.79 Å². The average molecular weight is 177 g/mol. The topological polar surface area (TPSA) is 29.1 Å². The van der Waals surface area contributed by atoms with Crippen molar-refractivity contribution in [3.05, 3.63) is 0 Å². The highest BCUT2D eigenvalue weighted by atomic mass is 32.2. The molecule has 0 aliphatic carbocycles. The summed E-state index contributed by atoms with van der Waals surface area (Å²) in [6.45, 7) is 0. The second-order valence-electron chi connectivity index (χ2n) is 1.28. The van der Waals surface area contributed by atoms with Crippen LogP contribution in [-0.4, -0.2) is 20.3 Å². The van der Waals surface area contributed by atoms with Crippen LogP contribution in [0.25, 0.3) is 0 Å². The minimum atomic E-state index is -0.120. The quantitative estimate of drug-likeness (QED) is 0.544. The largest absolute Gasteiger partial charge is 0.306 e.